The van der Waals surface area contributed by atoms with Crippen LogP contribution in [0.5, 0.6) is 11.5 Å². The Labute approximate surface area is 164 Å². The van der Waals surface area contributed by atoms with E-state index < -0.39 is 0 Å². The van der Waals surface area contributed by atoms with Crippen LogP contribution in [0.3, 0.4) is 0 Å². The molecule has 2 aliphatic heterocycles. The number of anilines is 1. The van der Waals surface area contributed by atoms with Gasteiger partial charge >= 0.3 is 0 Å². The van der Waals surface area contributed by atoms with Crippen molar-refractivity contribution in [3.05, 3.63) is 53.1 Å². The molecular weight excluding hydrogens is 364 g/mol. The van der Waals surface area contributed by atoms with E-state index in [0.717, 1.165) is 43.0 Å². The molecule has 4 rings (SSSR count). The molecule has 27 heavy (non-hydrogen) atoms. The maximum Gasteiger partial charge on any atom is 0.238 e. The first-order valence-corrected chi connectivity index (χ1v) is 9.76. The average molecular weight is 387 g/mol. The van der Waals surface area contributed by atoms with Crippen molar-refractivity contribution in [2.45, 2.75) is 25.3 Å². The lowest BCUT2D eigenvalue weighted by Gasteiger charge is -2.25. The Bertz CT molecular complexity index is 810. The van der Waals surface area contributed by atoms with Crippen LogP contribution in [0.4, 0.5) is 5.69 Å². The smallest absolute Gasteiger partial charge is 0.238 e. The number of nitrogens with one attached hydrogen (secondary N) is 1. The third kappa shape index (κ3) is 4.37. The van der Waals surface area contributed by atoms with Gasteiger partial charge in [0.15, 0.2) is 11.5 Å². The fraction of sp³-hybridized carbons (Fsp3) is 0.381. The van der Waals surface area contributed by atoms with Crippen molar-refractivity contribution in [3.8, 4) is 11.5 Å². The van der Waals surface area contributed by atoms with Gasteiger partial charge in [-0.3, -0.25) is 9.69 Å². The van der Waals surface area contributed by atoms with Crippen LogP contribution in [-0.4, -0.2) is 37.1 Å². The van der Waals surface area contributed by atoms with Crippen molar-refractivity contribution in [2.24, 2.45) is 0 Å². The summed E-state index contributed by atoms with van der Waals surface area (Å²) in [5, 5.41) is 3.60. The SMILES string of the molecule is O=C(CN1CCCC1c1ccc2c(c1)OCCCO2)Nc1ccc(Cl)cc1. The van der Waals surface area contributed by atoms with Gasteiger partial charge in [0, 0.05) is 23.2 Å². The molecule has 0 saturated carbocycles. The van der Waals surface area contributed by atoms with Gasteiger partial charge in [-0.1, -0.05) is 17.7 Å². The summed E-state index contributed by atoms with van der Waals surface area (Å²) in [4.78, 5) is 14.7. The maximum absolute atomic E-state index is 12.5. The Morgan fingerprint density at radius 1 is 1.07 bits per heavy atom. The summed E-state index contributed by atoms with van der Waals surface area (Å²) in [5.41, 5.74) is 1.94. The van der Waals surface area contributed by atoms with Crippen LogP contribution >= 0.6 is 11.6 Å². The van der Waals surface area contributed by atoms with Crippen LogP contribution in [0.25, 0.3) is 0 Å². The molecule has 1 unspecified atom stereocenters. The van der Waals surface area contributed by atoms with E-state index >= 15 is 0 Å². The summed E-state index contributed by atoms with van der Waals surface area (Å²) >= 11 is 5.89. The van der Waals surface area contributed by atoms with Crippen LogP contribution in [0, 0.1) is 0 Å². The summed E-state index contributed by atoms with van der Waals surface area (Å²) in [6.45, 7) is 2.63. The Balaban J connectivity index is 1.43. The minimum absolute atomic E-state index is 0.0152. The molecule has 0 aliphatic carbocycles. The Morgan fingerprint density at radius 3 is 2.67 bits per heavy atom. The predicted octanol–water partition coefficient (Wildman–Crippen LogP) is 4.28. The van der Waals surface area contributed by atoms with Crippen LogP contribution in [0.15, 0.2) is 42.5 Å². The van der Waals surface area contributed by atoms with Gasteiger partial charge in [0.05, 0.1) is 19.8 Å². The number of benzene rings is 2. The van der Waals surface area contributed by atoms with Gasteiger partial charge in [-0.15, -0.1) is 0 Å². The quantitative estimate of drug-likeness (QED) is 0.852. The van der Waals surface area contributed by atoms with Crippen LogP contribution in [0.1, 0.15) is 30.9 Å². The lowest BCUT2D eigenvalue weighted by molar-refractivity contribution is -0.117. The van der Waals surface area contributed by atoms with Crippen molar-refractivity contribution in [1.82, 2.24) is 4.90 Å². The molecule has 1 amide bonds. The number of fused-ring (bicyclic) bond motifs is 1. The molecule has 1 N–H and O–H groups in total. The molecule has 2 heterocycles. The molecular formula is C21H23ClN2O3. The number of likely N-dealkylation sites (tertiary alicyclic amines) is 1. The zero-order valence-electron chi connectivity index (χ0n) is 15.1. The van der Waals surface area contributed by atoms with Gasteiger partial charge in [0.2, 0.25) is 5.91 Å². The fourth-order valence-electron chi connectivity index (χ4n) is 3.70. The van der Waals surface area contributed by atoms with E-state index in [0.29, 0.717) is 24.8 Å². The van der Waals surface area contributed by atoms with E-state index in [9.17, 15) is 4.79 Å². The van der Waals surface area contributed by atoms with Crippen molar-refractivity contribution < 1.29 is 14.3 Å². The number of carbonyl (C=O) groups is 1. The molecule has 0 bridgehead atoms. The first-order chi connectivity index (χ1) is 13.2. The number of nitrogens with zero attached hydrogens (tertiary/aromatic N) is 1. The standard InChI is InChI=1S/C21H23ClN2O3/c22-16-5-7-17(8-6-16)23-21(25)14-24-10-1-3-18(24)15-4-9-19-20(13-15)27-12-2-11-26-19/h4-9,13,18H,1-3,10-12,14H2,(H,23,25). The molecule has 1 atom stereocenters. The van der Waals surface area contributed by atoms with E-state index in [-0.39, 0.29) is 11.9 Å². The topological polar surface area (TPSA) is 50.8 Å². The van der Waals surface area contributed by atoms with E-state index in [1.54, 1.807) is 12.1 Å². The van der Waals surface area contributed by atoms with Crippen molar-refractivity contribution in [1.29, 1.82) is 0 Å². The van der Waals surface area contributed by atoms with Gasteiger partial charge < -0.3 is 14.8 Å². The van der Waals surface area contributed by atoms with Crippen LogP contribution in [0.2, 0.25) is 5.02 Å². The van der Waals surface area contributed by atoms with Crippen molar-refractivity contribution >= 4 is 23.2 Å². The number of ether oxygens (including phenoxy) is 2. The summed E-state index contributed by atoms with van der Waals surface area (Å²) in [5.74, 6) is 1.60. The normalized spacial score (nSPS) is 19.5. The molecule has 2 aliphatic rings. The second kappa shape index (κ2) is 8.19. The van der Waals surface area contributed by atoms with Gasteiger partial charge in [-0.25, -0.2) is 0 Å². The second-order valence-electron chi connectivity index (χ2n) is 6.94. The molecule has 0 radical (unpaired) electrons. The number of hydrogen-bond donors (Lipinski definition) is 1. The minimum atomic E-state index is -0.0152. The number of hydrogen-bond acceptors (Lipinski definition) is 4. The number of amides is 1. The van der Waals surface area contributed by atoms with E-state index in [1.165, 1.54) is 5.56 Å². The van der Waals surface area contributed by atoms with Gasteiger partial charge in [0.1, 0.15) is 0 Å². The van der Waals surface area contributed by atoms with Gasteiger partial charge in [-0.05, 0) is 61.3 Å². The molecule has 2 aromatic rings. The largest absolute Gasteiger partial charge is 0.490 e. The molecule has 0 spiro atoms. The third-order valence-electron chi connectivity index (χ3n) is 4.99. The Kier molecular flexibility index (Phi) is 5.50. The number of rotatable bonds is 4. The molecule has 1 fully saturated rings. The minimum Gasteiger partial charge on any atom is -0.490 e. The predicted molar refractivity (Wildman–Crippen MR) is 106 cm³/mol. The lowest BCUT2D eigenvalue weighted by Crippen LogP contribution is -2.32. The maximum atomic E-state index is 12.5. The summed E-state index contributed by atoms with van der Waals surface area (Å²) < 4.78 is 11.5. The molecule has 1 saturated heterocycles. The summed E-state index contributed by atoms with van der Waals surface area (Å²) in [6, 6.07) is 13.5. The summed E-state index contributed by atoms with van der Waals surface area (Å²) in [6.07, 6.45) is 3.01. The van der Waals surface area contributed by atoms with Gasteiger partial charge in [0.25, 0.3) is 0 Å². The monoisotopic (exact) mass is 386 g/mol. The molecule has 0 aromatic heterocycles. The van der Waals surface area contributed by atoms with Crippen LogP contribution < -0.4 is 14.8 Å². The molecule has 2 aromatic carbocycles. The van der Waals surface area contributed by atoms with E-state index in [4.69, 9.17) is 21.1 Å². The lowest BCUT2D eigenvalue weighted by atomic mass is 10.0. The van der Waals surface area contributed by atoms with Crippen molar-refractivity contribution in [3.63, 3.8) is 0 Å². The highest BCUT2D eigenvalue weighted by Gasteiger charge is 2.28. The molecule has 5 nitrogen and oxygen atoms in total. The summed E-state index contributed by atoms with van der Waals surface area (Å²) in [7, 11) is 0. The van der Waals surface area contributed by atoms with Gasteiger partial charge in [-0.2, -0.15) is 0 Å². The van der Waals surface area contributed by atoms with Crippen molar-refractivity contribution in [2.75, 3.05) is 31.6 Å². The highest BCUT2D eigenvalue weighted by atomic mass is 35.5. The first-order valence-electron chi connectivity index (χ1n) is 9.38. The molecule has 142 valence electrons. The molecule has 6 heteroatoms. The Morgan fingerprint density at radius 2 is 1.85 bits per heavy atom. The first kappa shape index (κ1) is 18.1. The number of halogens is 1. The third-order valence-corrected chi connectivity index (χ3v) is 5.25. The Hall–Kier alpha value is -2.24. The van der Waals surface area contributed by atoms with E-state index in [2.05, 4.69) is 22.3 Å². The highest BCUT2D eigenvalue weighted by Crippen LogP contribution is 2.37. The van der Waals surface area contributed by atoms with Crippen LogP contribution in [-0.2, 0) is 4.79 Å². The second-order valence-corrected chi connectivity index (χ2v) is 7.38. The highest BCUT2D eigenvalue weighted by molar-refractivity contribution is 6.30. The number of carbonyl (C=O) groups excluding carboxylic acids is 1. The van der Waals surface area contributed by atoms with E-state index in [1.807, 2.05) is 18.2 Å². The fourth-order valence-corrected chi connectivity index (χ4v) is 3.82. The average Bonchev–Trinajstić information content (AvgIpc) is 2.99. The zero-order chi connectivity index (χ0) is 18.6. The zero-order valence-corrected chi connectivity index (χ0v) is 15.9.